The lowest BCUT2D eigenvalue weighted by Gasteiger charge is -2.30. The Bertz CT molecular complexity index is 1180. The Morgan fingerprint density at radius 1 is 1.29 bits per heavy atom. The summed E-state index contributed by atoms with van der Waals surface area (Å²) in [5, 5.41) is 16.7. The Kier molecular flexibility index (Phi) is 5.04. The molecule has 1 N–H and O–H groups in total. The second-order valence-corrected chi connectivity index (χ2v) is 8.40. The van der Waals surface area contributed by atoms with Gasteiger partial charge in [-0.05, 0) is 63.0 Å². The summed E-state index contributed by atoms with van der Waals surface area (Å²) in [6, 6.07) is 9.65. The number of anilines is 1. The summed E-state index contributed by atoms with van der Waals surface area (Å²) in [6.45, 7) is 1.95. The van der Waals surface area contributed by atoms with Crippen LogP contribution in [-0.2, 0) is 4.79 Å². The lowest BCUT2D eigenvalue weighted by atomic mass is 10.0. The van der Waals surface area contributed by atoms with Gasteiger partial charge in [-0.2, -0.15) is 10.4 Å². The van der Waals surface area contributed by atoms with Crippen LogP contribution in [0, 0.1) is 17.2 Å². The van der Waals surface area contributed by atoms with Crippen LogP contribution in [0.1, 0.15) is 31.4 Å². The molecule has 1 saturated carbocycles. The lowest BCUT2D eigenvalue weighted by Crippen LogP contribution is -2.38. The van der Waals surface area contributed by atoms with Crippen molar-refractivity contribution in [3.63, 3.8) is 0 Å². The van der Waals surface area contributed by atoms with Gasteiger partial charge in [0, 0.05) is 30.3 Å². The molecular formula is C23H24N6O2. The van der Waals surface area contributed by atoms with Crippen molar-refractivity contribution in [2.45, 2.75) is 31.8 Å². The number of rotatable bonds is 5. The van der Waals surface area contributed by atoms with Crippen LogP contribution in [0.15, 0.2) is 36.7 Å². The molecule has 4 heterocycles. The number of aromatic nitrogens is 3. The van der Waals surface area contributed by atoms with Crippen LogP contribution in [0.25, 0.3) is 16.6 Å². The summed E-state index contributed by atoms with van der Waals surface area (Å²) in [5.41, 5.74) is 2.92. The van der Waals surface area contributed by atoms with E-state index in [-0.39, 0.29) is 17.9 Å². The molecule has 1 atom stereocenters. The van der Waals surface area contributed by atoms with Crippen LogP contribution >= 0.6 is 0 Å². The molecule has 158 valence electrons. The summed E-state index contributed by atoms with van der Waals surface area (Å²) in [5.74, 6) is 1.37. The smallest absolute Gasteiger partial charge is 0.228 e. The molecule has 0 spiro atoms. The van der Waals surface area contributed by atoms with Crippen LogP contribution < -0.4 is 10.1 Å². The molecule has 8 nitrogen and oxygen atoms in total. The van der Waals surface area contributed by atoms with Crippen LogP contribution in [0.3, 0.4) is 0 Å². The van der Waals surface area contributed by atoms with Gasteiger partial charge in [-0.3, -0.25) is 4.79 Å². The number of ether oxygens (including phenoxy) is 1. The predicted octanol–water partition coefficient (Wildman–Crippen LogP) is 3.09. The number of likely N-dealkylation sites (tertiary alicyclic amines) is 1. The van der Waals surface area contributed by atoms with E-state index in [0.29, 0.717) is 17.3 Å². The van der Waals surface area contributed by atoms with Crippen molar-refractivity contribution < 1.29 is 9.53 Å². The molecule has 0 radical (unpaired) electrons. The van der Waals surface area contributed by atoms with Crippen molar-refractivity contribution in [1.82, 2.24) is 19.5 Å². The number of hydrogen-bond acceptors (Lipinski definition) is 6. The van der Waals surface area contributed by atoms with E-state index in [1.807, 2.05) is 24.4 Å². The molecular weight excluding hydrogens is 392 g/mol. The number of likely N-dealkylation sites (N-methyl/N-ethyl adjacent to an activating group) is 1. The van der Waals surface area contributed by atoms with Gasteiger partial charge < -0.3 is 15.0 Å². The maximum absolute atomic E-state index is 12.0. The van der Waals surface area contributed by atoms with E-state index in [4.69, 9.17) is 4.74 Å². The molecule has 1 aliphatic heterocycles. The maximum atomic E-state index is 12.0. The Labute approximate surface area is 180 Å². The van der Waals surface area contributed by atoms with Gasteiger partial charge in [-0.25, -0.2) is 9.50 Å². The average Bonchev–Trinajstić information content (AvgIpc) is 3.54. The van der Waals surface area contributed by atoms with E-state index in [1.54, 1.807) is 16.8 Å². The van der Waals surface area contributed by atoms with Crippen molar-refractivity contribution >= 4 is 17.2 Å². The quantitative estimate of drug-likeness (QED) is 0.687. The SMILES string of the molecule is CN1CCCC(Oc2cnc(C#N)cc2-c2ccn3nc(NC(=O)C4CC4)cc3c2)C1. The molecule has 1 amide bonds. The molecule has 5 rings (SSSR count). The van der Waals surface area contributed by atoms with E-state index in [9.17, 15) is 10.1 Å². The third-order valence-corrected chi connectivity index (χ3v) is 5.83. The fourth-order valence-corrected chi connectivity index (χ4v) is 4.02. The number of nitrogens with zero attached hydrogens (tertiary/aromatic N) is 5. The van der Waals surface area contributed by atoms with Crippen molar-refractivity contribution in [2.75, 3.05) is 25.5 Å². The molecule has 1 aliphatic carbocycles. The van der Waals surface area contributed by atoms with Gasteiger partial charge >= 0.3 is 0 Å². The maximum Gasteiger partial charge on any atom is 0.228 e. The molecule has 1 unspecified atom stereocenters. The molecule has 0 aromatic carbocycles. The van der Waals surface area contributed by atoms with Crippen LogP contribution in [0.5, 0.6) is 5.75 Å². The van der Waals surface area contributed by atoms with Gasteiger partial charge in [0.1, 0.15) is 23.6 Å². The minimum atomic E-state index is 0.0320. The summed E-state index contributed by atoms with van der Waals surface area (Å²) in [7, 11) is 2.10. The number of fused-ring (bicyclic) bond motifs is 1. The zero-order chi connectivity index (χ0) is 21.4. The van der Waals surface area contributed by atoms with Crippen LogP contribution in [-0.4, -0.2) is 51.6 Å². The molecule has 1 saturated heterocycles. The predicted molar refractivity (Wildman–Crippen MR) is 116 cm³/mol. The Balaban J connectivity index is 1.46. The van der Waals surface area contributed by atoms with Crippen molar-refractivity contribution in [1.29, 1.82) is 5.26 Å². The first-order valence-corrected chi connectivity index (χ1v) is 10.6. The topological polar surface area (TPSA) is 95.6 Å². The van der Waals surface area contributed by atoms with E-state index in [2.05, 4.69) is 33.4 Å². The van der Waals surface area contributed by atoms with Gasteiger partial charge in [0.15, 0.2) is 5.82 Å². The molecule has 3 aromatic heterocycles. The molecule has 3 aromatic rings. The highest BCUT2D eigenvalue weighted by molar-refractivity contribution is 5.93. The summed E-state index contributed by atoms with van der Waals surface area (Å²) in [4.78, 5) is 18.5. The fraction of sp³-hybridized carbons (Fsp3) is 0.391. The summed E-state index contributed by atoms with van der Waals surface area (Å²) < 4.78 is 8.05. The highest BCUT2D eigenvalue weighted by Gasteiger charge is 2.30. The lowest BCUT2D eigenvalue weighted by molar-refractivity contribution is -0.117. The van der Waals surface area contributed by atoms with Gasteiger partial charge in [0.05, 0.1) is 11.7 Å². The monoisotopic (exact) mass is 416 g/mol. The number of hydrogen-bond donors (Lipinski definition) is 1. The molecule has 0 bridgehead atoms. The number of nitriles is 1. The summed E-state index contributed by atoms with van der Waals surface area (Å²) in [6.07, 6.45) is 7.58. The number of pyridine rings is 2. The van der Waals surface area contributed by atoms with Crippen molar-refractivity contribution in [3.8, 4) is 22.9 Å². The minimum Gasteiger partial charge on any atom is -0.487 e. The molecule has 2 fully saturated rings. The highest BCUT2D eigenvalue weighted by Crippen LogP contribution is 2.33. The van der Waals surface area contributed by atoms with Crippen molar-refractivity contribution in [3.05, 3.63) is 42.4 Å². The highest BCUT2D eigenvalue weighted by atomic mass is 16.5. The standard InChI is InChI=1S/C23H24N6O2/c1-28-7-2-3-19(14-28)31-21-13-25-17(12-24)10-20(21)16-6-8-29-18(9-16)11-22(27-29)26-23(30)15-4-5-15/h6,8-11,13,15,19H,2-5,7,14H2,1H3,(H,26,27,30). The molecule has 31 heavy (non-hydrogen) atoms. The largest absolute Gasteiger partial charge is 0.487 e. The third-order valence-electron chi connectivity index (χ3n) is 5.83. The van der Waals surface area contributed by atoms with Gasteiger partial charge in [0.25, 0.3) is 0 Å². The van der Waals surface area contributed by atoms with E-state index in [1.165, 1.54) is 0 Å². The van der Waals surface area contributed by atoms with E-state index >= 15 is 0 Å². The number of nitrogens with one attached hydrogen (secondary N) is 1. The fourth-order valence-electron chi connectivity index (χ4n) is 4.02. The molecule has 2 aliphatic rings. The first kappa shape index (κ1) is 19.5. The third kappa shape index (κ3) is 4.23. The van der Waals surface area contributed by atoms with Gasteiger partial charge in [0.2, 0.25) is 5.91 Å². The first-order chi connectivity index (χ1) is 15.1. The number of carbonyl (C=O) groups is 1. The van der Waals surface area contributed by atoms with Gasteiger partial charge in [-0.1, -0.05) is 0 Å². The zero-order valence-electron chi connectivity index (χ0n) is 17.4. The van der Waals surface area contributed by atoms with E-state index in [0.717, 1.165) is 55.4 Å². The molecule has 8 heteroatoms. The van der Waals surface area contributed by atoms with Crippen molar-refractivity contribution in [2.24, 2.45) is 5.92 Å². The van der Waals surface area contributed by atoms with Crippen LogP contribution in [0.4, 0.5) is 5.82 Å². The Morgan fingerprint density at radius 2 is 2.16 bits per heavy atom. The second kappa shape index (κ2) is 8.00. The number of carbonyl (C=O) groups excluding carboxylic acids is 1. The van der Waals surface area contributed by atoms with E-state index < -0.39 is 0 Å². The Hall–Kier alpha value is -3.44. The summed E-state index contributed by atoms with van der Waals surface area (Å²) >= 11 is 0. The second-order valence-electron chi connectivity index (χ2n) is 8.40. The first-order valence-electron chi connectivity index (χ1n) is 10.6. The number of piperidine rings is 1. The van der Waals surface area contributed by atoms with Crippen LogP contribution in [0.2, 0.25) is 0 Å². The number of amides is 1. The average molecular weight is 416 g/mol. The minimum absolute atomic E-state index is 0.0320. The van der Waals surface area contributed by atoms with Gasteiger partial charge in [-0.15, -0.1) is 0 Å². The Morgan fingerprint density at radius 3 is 2.94 bits per heavy atom. The normalized spacial score (nSPS) is 19.2. The zero-order valence-corrected chi connectivity index (χ0v) is 17.4.